The van der Waals surface area contributed by atoms with Crippen LogP contribution in [0.15, 0.2) is 29.3 Å². The number of Topliss-reactive ketones (excluding diaryl/α,β-unsaturated/α-hetero) is 1. The molecule has 1 aromatic rings. The molecule has 4 rings (SSSR count). The molecule has 0 amide bonds. The number of carbonyl (C=O) groups excluding carboxylic acids is 1. The van der Waals surface area contributed by atoms with E-state index in [1.807, 2.05) is 18.2 Å². The van der Waals surface area contributed by atoms with Crippen molar-refractivity contribution in [2.24, 2.45) is 10.9 Å². The molecule has 3 nitrogen and oxygen atoms in total. The summed E-state index contributed by atoms with van der Waals surface area (Å²) in [6.07, 6.45) is 5.87. The Balaban J connectivity index is 1.43. The Morgan fingerprint density at radius 1 is 1.24 bits per heavy atom. The number of benzene rings is 1. The molecule has 0 unspecified atom stereocenters. The quantitative estimate of drug-likeness (QED) is 0.854. The standard InChI is InChI=1S/C18H22N2O/c21-17(18-16-6-2-1-4-14(16)11-19-18)10-13-7-8-15-5-3-9-20(15)12-13/h1-2,4,6,13,15H,3,5,7-12H2/t13-,15-/m0/s1. The van der Waals surface area contributed by atoms with Crippen molar-refractivity contribution in [3.8, 4) is 0 Å². The summed E-state index contributed by atoms with van der Waals surface area (Å²) in [4.78, 5) is 19.7. The van der Waals surface area contributed by atoms with Crippen LogP contribution in [0.25, 0.3) is 0 Å². The first kappa shape index (κ1) is 13.2. The van der Waals surface area contributed by atoms with E-state index in [9.17, 15) is 4.79 Å². The first-order chi connectivity index (χ1) is 10.3. The monoisotopic (exact) mass is 282 g/mol. The largest absolute Gasteiger partial charge is 0.300 e. The molecule has 21 heavy (non-hydrogen) atoms. The summed E-state index contributed by atoms with van der Waals surface area (Å²) < 4.78 is 0. The predicted octanol–water partition coefficient (Wildman–Crippen LogP) is 2.82. The Kier molecular flexibility index (Phi) is 3.38. The molecule has 2 saturated heterocycles. The van der Waals surface area contributed by atoms with Crippen LogP contribution in [0.4, 0.5) is 0 Å². The second-order valence-electron chi connectivity index (χ2n) is 6.68. The average Bonchev–Trinajstić information content (AvgIpc) is 3.13. The van der Waals surface area contributed by atoms with Crippen LogP contribution >= 0.6 is 0 Å². The fourth-order valence-corrected chi connectivity index (χ4v) is 4.22. The molecule has 110 valence electrons. The van der Waals surface area contributed by atoms with Gasteiger partial charge >= 0.3 is 0 Å². The van der Waals surface area contributed by atoms with Crippen LogP contribution in [-0.2, 0) is 11.3 Å². The molecule has 2 fully saturated rings. The number of rotatable bonds is 3. The molecule has 0 aromatic heterocycles. The zero-order valence-corrected chi connectivity index (χ0v) is 12.4. The molecule has 3 heteroatoms. The topological polar surface area (TPSA) is 32.7 Å². The van der Waals surface area contributed by atoms with E-state index in [1.54, 1.807) is 0 Å². The molecule has 0 aliphatic carbocycles. The summed E-state index contributed by atoms with van der Waals surface area (Å²) in [5, 5.41) is 0. The maximum atomic E-state index is 12.6. The highest BCUT2D eigenvalue weighted by Crippen LogP contribution is 2.31. The molecular weight excluding hydrogens is 260 g/mol. The second-order valence-corrected chi connectivity index (χ2v) is 6.68. The van der Waals surface area contributed by atoms with Crippen molar-refractivity contribution in [2.45, 2.75) is 44.7 Å². The van der Waals surface area contributed by atoms with E-state index in [2.05, 4.69) is 16.0 Å². The number of fused-ring (bicyclic) bond motifs is 2. The summed E-state index contributed by atoms with van der Waals surface area (Å²) in [6, 6.07) is 8.95. The number of ketones is 1. The molecule has 2 atom stereocenters. The van der Waals surface area contributed by atoms with Gasteiger partial charge in [0.15, 0.2) is 5.78 Å². The lowest BCUT2D eigenvalue weighted by molar-refractivity contribution is -0.114. The first-order valence-corrected chi connectivity index (χ1v) is 8.21. The van der Waals surface area contributed by atoms with E-state index in [1.165, 1.54) is 37.8 Å². The van der Waals surface area contributed by atoms with Crippen molar-refractivity contribution in [1.29, 1.82) is 0 Å². The van der Waals surface area contributed by atoms with Gasteiger partial charge in [-0.3, -0.25) is 9.79 Å². The molecule has 1 aromatic carbocycles. The zero-order chi connectivity index (χ0) is 14.2. The van der Waals surface area contributed by atoms with Crippen LogP contribution in [0.1, 0.15) is 43.2 Å². The van der Waals surface area contributed by atoms with Crippen LogP contribution in [0.2, 0.25) is 0 Å². The summed E-state index contributed by atoms with van der Waals surface area (Å²) in [5.41, 5.74) is 3.00. The Morgan fingerprint density at radius 2 is 2.14 bits per heavy atom. The number of carbonyl (C=O) groups is 1. The van der Waals surface area contributed by atoms with Crippen molar-refractivity contribution in [1.82, 2.24) is 4.90 Å². The lowest BCUT2D eigenvalue weighted by atomic mass is 9.88. The number of nitrogens with zero attached hydrogens (tertiary/aromatic N) is 2. The van der Waals surface area contributed by atoms with E-state index in [4.69, 9.17) is 0 Å². The van der Waals surface area contributed by atoms with Gasteiger partial charge in [0, 0.05) is 24.6 Å². The van der Waals surface area contributed by atoms with Gasteiger partial charge in [-0.1, -0.05) is 24.3 Å². The van der Waals surface area contributed by atoms with Gasteiger partial charge in [-0.2, -0.15) is 0 Å². The lowest BCUT2D eigenvalue weighted by Gasteiger charge is -2.34. The van der Waals surface area contributed by atoms with Crippen LogP contribution in [0.5, 0.6) is 0 Å². The van der Waals surface area contributed by atoms with Gasteiger partial charge < -0.3 is 4.90 Å². The van der Waals surface area contributed by atoms with Gasteiger partial charge in [-0.15, -0.1) is 0 Å². The average molecular weight is 282 g/mol. The lowest BCUT2D eigenvalue weighted by Crippen LogP contribution is -2.40. The Labute approximate surface area is 126 Å². The van der Waals surface area contributed by atoms with Crippen molar-refractivity contribution < 1.29 is 4.79 Å². The Bertz CT molecular complexity index is 593. The van der Waals surface area contributed by atoms with E-state index in [-0.39, 0.29) is 5.78 Å². The molecule has 0 N–H and O–H groups in total. The van der Waals surface area contributed by atoms with E-state index in [0.717, 1.165) is 23.9 Å². The third kappa shape index (κ3) is 2.44. The molecule has 0 spiro atoms. The summed E-state index contributed by atoms with van der Waals surface area (Å²) >= 11 is 0. The first-order valence-electron chi connectivity index (χ1n) is 8.21. The number of aliphatic imine (C=N–C) groups is 1. The Hall–Kier alpha value is -1.48. The van der Waals surface area contributed by atoms with Gasteiger partial charge in [0.1, 0.15) is 5.71 Å². The normalized spacial score (nSPS) is 28.1. The van der Waals surface area contributed by atoms with Gasteiger partial charge in [-0.05, 0) is 43.7 Å². The highest BCUT2D eigenvalue weighted by molar-refractivity contribution is 6.47. The highest BCUT2D eigenvalue weighted by atomic mass is 16.1. The molecule has 3 aliphatic heterocycles. The molecular formula is C18H22N2O. The molecule has 3 aliphatic rings. The maximum absolute atomic E-state index is 12.6. The number of hydrogen-bond acceptors (Lipinski definition) is 3. The van der Waals surface area contributed by atoms with Gasteiger partial charge in [0.2, 0.25) is 0 Å². The third-order valence-electron chi connectivity index (χ3n) is 5.32. The van der Waals surface area contributed by atoms with Crippen LogP contribution in [-0.4, -0.2) is 35.5 Å². The van der Waals surface area contributed by atoms with E-state index >= 15 is 0 Å². The maximum Gasteiger partial charge on any atom is 0.181 e. The van der Waals surface area contributed by atoms with Crippen molar-refractivity contribution in [3.05, 3.63) is 35.4 Å². The summed E-state index contributed by atoms with van der Waals surface area (Å²) in [7, 11) is 0. The van der Waals surface area contributed by atoms with Crippen molar-refractivity contribution in [2.75, 3.05) is 13.1 Å². The van der Waals surface area contributed by atoms with Crippen LogP contribution in [0.3, 0.4) is 0 Å². The molecule has 3 heterocycles. The van der Waals surface area contributed by atoms with Crippen molar-refractivity contribution in [3.63, 3.8) is 0 Å². The van der Waals surface area contributed by atoms with Crippen LogP contribution in [0, 0.1) is 5.92 Å². The minimum Gasteiger partial charge on any atom is -0.300 e. The second kappa shape index (κ2) is 5.38. The minimum absolute atomic E-state index is 0.252. The number of piperidine rings is 1. The minimum atomic E-state index is 0.252. The van der Waals surface area contributed by atoms with Crippen LogP contribution < -0.4 is 0 Å². The fourth-order valence-electron chi connectivity index (χ4n) is 4.22. The van der Waals surface area contributed by atoms with E-state index < -0.39 is 0 Å². The highest BCUT2D eigenvalue weighted by Gasteiger charge is 2.33. The van der Waals surface area contributed by atoms with E-state index in [0.29, 0.717) is 18.9 Å². The SMILES string of the molecule is O=C(C[C@@H]1CC[C@@H]2CCCN2C1)C1=NCc2ccccc21. The van der Waals surface area contributed by atoms with Gasteiger partial charge in [0.25, 0.3) is 0 Å². The zero-order valence-electron chi connectivity index (χ0n) is 12.4. The molecule has 0 saturated carbocycles. The summed E-state index contributed by atoms with van der Waals surface area (Å²) in [5.74, 6) is 0.782. The Morgan fingerprint density at radius 3 is 3.10 bits per heavy atom. The molecule has 0 radical (unpaired) electrons. The summed E-state index contributed by atoms with van der Waals surface area (Å²) in [6.45, 7) is 3.03. The smallest absolute Gasteiger partial charge is 0.181 e. The predicted molar refractivity (Wildman–Crippen MR) is 83.6 cm³/mol. The van der Waals surface area contributed by atoms with Gasteiger partial charge in [-0.25, -0.2) is 0 Å². The van der Waals surface area contributed by atoms with Gasteiger partial charge in [0.05, 0.1) is 6.54 Å². The fraction of sp³-hybridized carbons (Fsp3) is 0.556. The number of hydrogen-bond donors (Lipinski definition) is 0. The third-order valence-corrected chi connectivity index (χ3v) is 5.32. The molecule has 0 bridgehead atoms. The van der Waals surface area contributed by atoms with Crippen molar-refractivity contribution >= 4 is 11.5 Å².